The summed E-state index contributed by atoms with van der Waals surface area (Å²) in [5.41, 5.74) is 5.46. The molecular formula is C7H15NO4. The van der Waals surface area contributed by atoms with Crippen LogP contribution in [-0.2, 0) is 14.2 Å². The number of aliphatic hydroxyl groups is 1. The van der Waals surface area contributed by atoms with Gasteiger partial charge in [-0.1, -0.05) is 0 Å². The predicted octanol–water partition coefficient (Wildman–Crippen LogP) is -1.31. The average molecular weight is 177 g/mol. The van der Waals surface area contributed by atoms with Crippen molar-refractivity contribution in [3.05, 3.63) is 0 Å². The lowest BCUT2D eigenvalue weighted by atomic mass is 10.1. The monoisotopic (exact) mass is 177 g/mol. The summed E-state index contributed by atoms with van der Waals surface area (Å²) in [6, 6.07) is 0. The van der Waals surface area contributed by atoms with Crippen LogP contribution in [0.5, 0.6) is 0 Å². The topological polar surface area (TPSA) is 73.9 Å². The van der Waals surface area contributed by atoms with Crippen molar-refractivity contribution in [2.24, 2.45) is 5.73 Å². The summed E-state index contributed by atoms with van der Waals surface area (Å²) in [5, 5.41) is 9.42. The third-order valence-corrected chi connectivity index (χ3v) is 1.97. The fourth-order valence-corrected chi connectivity index (χ4v) is 1.36. The highest BCUT2D eigenvalue weighted by atomic mass is 16.6. The van der Waals surface area contributed by atoms with Crippen LogP contribution in [0.25, 0.3) is 0 Å². The quantitative estimate of drug-likeness (QED) is 0.560. The second-order valence-electron chi connectivity index (χ2n) is 2.79. The van der Waals surface area contributed by atoms with Crippen molar-refractivity contribution in [1.29, 1.82) is 0 Å². The van der Waals surface area contributed by atoms with Gasteiger partial charge in [-0.15, -0.1) is 0 Å². The van der Waals surface area contributed by atoms with Gasteiger partial charge in [0.15, 0.2) is 0 Å². The van der Waals surface area contributed by atoms with E-state index in [0.717, 1.165) is 0 Å². The molecule has 1 fully saturated rings. The lowest BCUT2D eigenvalue weighted by Gasteiger charge is -2.17. The number of methoxy groups -OCH3 is 2. The van der Waals surface area contributed by atoms with Gasteiger partial charge in [-0.3, -0.25) is 0 Å². The second-order valence-corrected chi connectivity index (χ2v) is 2.79. The Bertz CT molecular complexity index is 143. The molecule has 5 nitrogen and oxygen atoms in total. The van der Waals surface area contributed by atoms with Gasteiger partial charge in [0.25, 0.3) is 0 Å². The first-order chi connectivity index (χ1) is 5.70. The van der Waals surface area contributed by atoms with Crippen LogP contribution in [0, 0.1) is 0 Å². The Kier molecular flexibility index (Phi) is 3.42. The maximum Gasteiger partial charge on any atom is 0.135 e. The lowest BCUT2D eigenvalue weighted by Crippen LogP contribution is -2.38. The molecule has 5 heteroatoms. The summed E-state index contributed by atoms with van der Waals surface area (Å²) < 4.78 is 15.1. The molecule has 0 saturated carbocycles. The first kappa shape index (κ1) is 9.88. The summed E-state index contributed by atoms with van der Waals surface area (Å²) in [5.74, 6) is 0. The number of rotatable bonds is 3. The van der Waals surface area contributed by atoms with E-state index in [1.807, 2.05) is 0 Å². The maximum atomic E-state index is 9.42. The minimum atomic E-state index is -0.768. The Labute approximate surface area is 71.4 Å². The molecule has 0 spiro atoms. The third kappa shape index (κ3) is 1.75. The maximum absolute atomic E-state index is 9.42. The summed E-state index contributed by atoms with van der Waals surface area (Å²) in [7, 11) is 3.07. The highest BCUT2D eigenvalue weighted by Crippen LogP contribution is 2.20. The van der Waals surface area contributed by atoms with E-state index < -0.39 is 12.3 Å². The van der Waals surface area contributed by atoms with E-state index in [1.54, 1.807) is 7.11 Å². The van der Waals surface area contributed by atoms with E-state index in [4.69, 9.17) is 19.9 Å². The van der Waals surface area contributed by atoms with Crippen LogP contribution in [0.1, 0.15) is 0 Å². The molecule has 1 rings (SSSR count). The molecule has 0 aliphatic carbocycles. The van der Waals surface area contributed by atoms with Gasteiger partial charge in [0.2, 0.25) is 0 Å². The Balaban J connectivity index is 2.52. The average Bonchev–Trinajstić information content (AvgIpc) is 2.29. The van der Waals surface area contributed by atoms with Crippen LogP contribution >= 0.6 is 0 Å². The second kappa shape index (κ2) is 4.15. The van der Waals surface area contributed by atoms with Gasteiger partial charge in [-0.2, -0.15) is 0 Å². The van der Waals surface area contributed by atoms with Gasteiger partial charge in [-0.05, 0) is 0 Å². The first-order valence-electron chi connectivity index (χ1n) is 3.81. The third-order valence-electron chi connectivity index (χ3n) is 1.97. The van der Waals surface area contributed by atoms with E-state index in [0.29, 0.717) is 6.61 Å². The van der Waals surface area contributed by atoms with Crippen LogP contribution in [-0.4, -0.2) is 50.5 Å². The zero-order chi connectivity index (χ0) is 9.14. The van der Waals surface area contributed by atoms with Crippen molar-refractivity contribution in [1.82, 2.24) is 0 Å². The van der Waals surface area contributed by atoms with E-state index in [2.05, 4.69) is 0 Å². The highest BCUT2D eigenvalue weighted by molar-refractivity contribution is 4.88. The summed E-state index contributed by atoms with van der Waals surface area (Å²) in [6.07, 6.45) is -2.10. The molecule has 1 heterocycles. The Morgan fingerprint density at radius 1 is 1.50 bits per heavy atom. The molecule has 0 amide bonds. The molecule has 0 aromatic carbocycles. The molecule has 1 aliphatic rings. The van der Waals surface area contributed by atoms with Crippen molar-refractivity contribution in [2.75, 3.05) is 20.8 Å². The highest BCUT2D eigenvalue weighted by Gasteiger charge is 2.41. The smallest absolute Gasteiger partial charge is 0.135 e. The number of hydrogen-bond acceptors (Lipinski definition) is 5. The molecule has 0 bridgehead atoms. The molecule has 0 radical (unpaired) electrons. The number of aliphatic hydroxyl groups excluding tert-OH is 1. The van der Waals surface area contributed by atoms with Crippen molar-refractivity contribution in [2.45, 2.75) is 24.5 Å². The molecule has 72 valence electrons. The number of nitrogens with two attached hydrogens (primary N) is 1. The Morgan fingerprint density at radius 2 is 2.17 bits per heavy atom. The van der Waals surface area contributed by atoms with Gasteiger partial charge in [-0.25, -0.2) is 0 Å². The molecule has 12 heavy (non-hydrogen) atoms. The van der Waals surface area contributed by atoms with E-state index in [-0.39, 0.29) is 12.2 Å². The first-order valence-corrected chi connectivity index (χ1v) is 3.81. The molecule has 3 N–H and O–H groups in total. The molecular weight excluding hydrogens is 162 g/mol. The van der Waals surface area contributed by atoms with Crippen LogP contribution in [0.2, 0.25) is 0 Å². The Hall–Kier alpha value is -0.200. The van der Waals surface area contributed by atoms with Crippen molar-refractivity contribution < 1.29 is 19.3 Å². The molecule has 0 aromatic heterocycles. The largest absolute Gasteiger partial charge is 0.386 e. The fourth-order valence-electron chi connectivity index (χ4n) is 1.36. The van der Waals surface area contributed by atoms with Gasteiger partial charge < -0.3 is 25.1 Å². The fraction of sp³-hybridized carbons (Fsp3) is 1.00. The Morgan fingerprint density at radius 3 is 2.67 bits per heavy atom. The lowest BCUT2D eigenvalue weighted by molar-refractivity contribution is -0.0447. The van der Waals surface area contributed by atoms with Crippen LogP contribution < -0.4 is 5.73 Å². The van der Waals surface area contributed by atoms with Gasteiger partial charge >= 0.3 is 0 Å². The van der Waals surface area contributed by atoms with E-state index in [9.17, 15) is 5.11 Å². The van der Waals surface area contributed by atoms with Crippen LogP contribution in [0.4, 0.5) is 0 Å². The summed E-state index contributed by atoms with van der Waals surface area (Å²) in [4.78, 5) is 0. The summed E-state index contributed by atoms with van der Waals surface area (Å²) in [6.45, 7) is 0.378. The summed E-state index contributed by atoms with van der Waals surface area (Å²) >= 11 is 0. The SMILES string of the molecule is COC[C@H]1O[C@H](N)C(O)C1OC. The molecule has 1 aliphatic heterocycles. The molecule has 4 atom stereocenters. The van der Waals surface area contributed by atoms with Crippen LogP contribution in [0.3, 0.4) is 0 Å². The minimum Gasteiger partial charge on any atom is -0.386 e. The van der Waals surface area contributed by atoms with Gasteiger partial charge in [0.05, 0.1) is 6.61 Å². The normalized spacial score (nSPS) is 42.0. The molecule has 1 saturated heterocycles. The van der Waals surface area contributed by atoms with Crippen molar-refractivity contribution >= 4 is 0 Å². The molecule has 0 aromatic rings. The van der Waals surface area contributed by atoms with E-state index >= 15 is 0 Å². The predicted molar refractivity (Wildman–Crippen MR) is 41.5 cm³/mol. The van der Waals surface area contributed by atoms with E-state index in [1.165, 1.54) is 7.11 Å². The zero-order valence-corrected chi connectivity index (χ0v) is 7.27. The minimum absolute atomic E-state index is 0.273. The zero-order valence-electron chi connectivity index (χ0n) is 7.27. The standard InChI is InChI=1S/C7H15NO4/c1-10-3-4-6(11-2)5(9)7(8)12-4/h4-7,9H,3,8H2,1-2H3/t4-,5?,6?,7+/m1/s1. The van der Waals surface area contributed by atoms with Crippen molar-refractivity contribution in [3.63, 3.8) is 0 Å². The van der Waals surface area contributed by atoms with Gasteiger partial charge in [0.1, 0.15) is 24.5 Å². The number of hydrogen-bond donors (Lipinski definition) is 2. The van der Waals surface area contributed by atoms with Gasteiger partial charge in [0, 0.05) is 14.2 Å². The van der Waals surface area contributed by atoms with Crippen LogP contribution in [0.15, 0.2) is 0 Å². The molecule has 2 unspecified atom stereocenters. The number of ether oxygens (including phenoxy) is 3. The van der Waals surface area contributed by atoms with Crippen molar-refractivity contribution in [3.8, 4) is 0 Å².